The summed E-state index contributed by atoms with van der Waals surface area (Å²) in [6.07, 6.45) is 1.42. The van der Waals surface area contributed by atoms with Crippen molar-refractivity contribution in [3.63, 3.8) is 0 Å². The van der Waals surface area contributed by atoms with Crippen molar-refractivity contribution in [1.82, 2.24) is 9.88 Å². The monoisotopic (exact) mass is 323 g/mol. The van der Waals surface area contributed by atoms with Crippen molar-refractivity contribution >= 4 is 11.6 Å². The van der Waals surface area contributed by atoms with Crippen LogP contribution in [0.2, 0.25) is 0 Å². The van der Waals surface area contributed by atoms with E-state index in [2.05, 4.69) is 10.6 Å². The number of nitrogens with zero attached hydrogens (tertiary/aromatic N) is 1. The molecule has 0 aliphatic carbocycles. The molecule has 2 aliphatic rings. The fourth-order valence-corrected chi connectivity index (χ4v) is 3.86. The summed E-state index contributed by atoms with van der Waals surface area (Å²) < 4.78 is 1.86. The molecule has 1 aromatic heterocycles. The van der Waals surface area contributed by atoms with Gasteiger partial charge >= 0.3 is 0 Å². The van der Waals surface area contributed by atoms with Crippen LogP contribution in [0, 0.1) is 5.92 Å². The molecule has 0 radical (unpaired) electrons. The molecule has 1 fully saturated rings. The third-order valence-electron chi connectivity index (χ3n) is 4.99. The Kier molecular flexibility index (Phi) is 3.94. The molecule has 0 saturated carbocycles. The summed E-state index contributed by atoms with van der Waals surface area (Å²) in [7, 11) is 0. The Morgan fingerprint density at radius 1 is 1.17 bits per heavy atom. The number of carbonyl (C=O) groups is 1. The van der Waals surface area contributed by atoms with E-state index in [0.29, 0.717) is 17.5 Å². The molecule has 0 spiro atoms. The zero-order chi connectivity index (χ0) is 16.5. The number of benzene rings is 1. The summed E-state index contributed by atoms with van der Waals surface area (Å²) >= 11 is 0. The molecule has 2 bridgehead atoms. The summed E-state index contributed by atoms with van der Waals surface area (Å²) in [4.78, 5) is 25.0. The molecule has 2 atom stereocenters. The third-order valence-corrected chi connectivity index (χ3v) is 4.99. The van der Waals surface area contributed by atoms with E-state index in [0.717, 1.165) is 37.3 Å². The summed E-state index contributed by atoms with van der Waals surface area (Å²) in [6, 6.07) is 13.3. The van der Waals surface area contributed by atoms with Gasteiger partial charge in [-0.25, -0.2) is 0 Å². The van der Waals surface area contributed by atoms with Gasteiger partial charge in [0.25, 0.3) is 5.56 Å². The number of piperidine rings is 1. The summed E-state index contributed by atoms with van der Waals surface area (Å²) in [5.74, 6) is 0.750. The molecular formula is C19H21N3O2. The van der Waals surface area contributed by atoms with Crippen molar-refractivity contribution in [2.45, 2.75) is 25.3 Å². The van der Waals surface area contributed by atoms with E-state index in [1.807, 2.05) is 41.0 Å². The Labute approximate surface area is 140 Å². The Morgan fingerprint density at radius 2 is 2.00 bits per heavy atom. The van der Waals surface area contributed by atoms with Crippen LogP contribution in [0.25, 0.3) is 0 Å². The standard InChI is InChI=1S/C19H21N3O2/c23-18(9-13-4-2-1-3-5-13)21-16-6-7-17-15-8-14(10-20-11-15)12-22(17)19(16)24/h1-7,14-15,20H,8-12H2,(H,21,23). The van der Waals surface area contributed by atoms with Gasteiger partial charge in [-0.15, -0.1) is 0 Å². The number of hydrogen-bond donors (Lipinski definition) is 2. The van der Waals surface area contributed by atoms with Gasteiger partial charge in [0.15, 0.2) is 0 Å². The summed E-state index contributed by atoms with van der Waals surface area (Å²) in [6.45, 7) is 2.63. The molecule has 5 nitrogen and oxygen atoms in total. The average Bonchev–Trinajstić information content (AvgIpc) is 2.59. The number of pyridine rings is 1. The Hall–Kier alpha value is -2.40. The first-order valence-electron chi connectivity index (χ1n) is 8.49. The maximum atomic E-state index is 12.8. The number of nitrogens with one attached hydrogen (secondary N) is 2. The number of fused-ring (bicyclic) bond motifs is 4. The first-order chi connectivity index (χ1) is 11.7. The van der Waals surface area contributed by atoms with E-state index in [-0.39, 0.29) is 17.9 Å². The molecule has 2 aliphatic heterocycles. The lowest BCUT2D eigenvalue weighted by molar-refractivity contribution is -0.115. The third kappa shape index (κ3) is 2.87. The number of hydrogen-bond acceptors (Lipinski definition) is 3. The van der Waals surface area contributed by atoms with Gasteiger partial charge in [-0.3, -0.25) is 9.59 Å². The van der Waals surface area contributed by atoms with Crippen molar-refractivity contribution in [3.8, 4) is 0 Å². The number of aromatic nitrogens is 1. The smallest absolute Gasteiger partial charge is 0.274 e. The van der Waals surface area contributed by atoms with Crippen LogP contribution in [0.3, 0.4) is 0 Å². The highest BCUT2D eigenvalue weighted by molar-refractivity contribution is 5.92. The average molecular weight is 323 g/mol. The van der Waals surface area contributed by atoms with Crippen LogP contribution in [0.1, 0.15) is 23.6 Å². The van der Waals surface area contributed by atoms with Gasteiger partial charge in [-0.05, 0) is 36.6 Å². The highest BCUT2D eigenvalue weighted by Crippen LogP contribution is 2.32. The maximum absolute atomic E-state index is 12.8. The lowest BCUT2D eigenvalue weighted by atomic mass is 9.84. The van der Waals surface area contributed by atoms with E-state index in [9.17, 15) is 9.59 Å². The van der Waals surface area contributed by atoms with Gasteiger partial charge in [0.1, 0.15) is 5.69 Å². The van der Waals surface area contributed by atoms with Gasteiger partial charge in [0.2, 0.25) is 5.91 Å². The molecule has 1 aromatic carbocycles. The summed E-state index contributed by atoms with van der Waals surface area (Å²) in [5, 5.41) is 6.22. The van der Waals surface area contributed by atoms with Gasteiger partial charge in [-0.1, -0.05) is 30.3 Å². The fraction of sp³-hybridized carbons (Fsp3) is 0.368. The normalized spacial score (nSPS) is 21.8. The second-order valence-electron chi connectivity index (χ2n) is 6.76. The Bertz CT molecular complexity index is 813. The van der Waals surface area contributed by atoms with Crippen LogP contribution >= 0.6 is 0 Å². The van der Waals surface area contributed by atoms with E-state index in [1.165, 1.54) is 0 Å². The Morgan fingerprint density at radius 3 is 2.83 bits per heavy atom. The molecule has 2 unspecified atom stereocenters. The van der Waals surface area contributed by atoms with Crippen LogP contribution in [0.15, 0.2) is 47.3 Å². The largest absolute Gasteiger partial charge is 0.321 e. The molecule has 24 heavy (non-hydrogen) atoms. The minimum Gasteiger partial charge on any atom is -0.321 e. The van der Waals surface area contributed by atoms with Gasteiger partial charge in [-0.2, -0.15) is 0 Å². The topological polar surface area (TPSA) is 63.1 Å². The SMILES string of the molecule is O=C(Cc1ccccc1)Nc1ccc2n(c1=O)CC1CNCC2C1. The first kappa shape index (κ1) is 15.1. The van der Waals surface area contributed by atoms with Gasteiger partial charge in [0, 0.05) is 24.7 Å². The molecule has 124 valence electrons. The van der Waals surface area contributed by atoms with Crippen molar-refractivity contribution in [2.24, 2.45) is 5.92 Å². The van der Waals surface area contributed by atoms with E-state index in [4.69, 9.17) is 0 Å². The zero-order valence-electron chi connectivity index (χ0n) is 13.5. The van der Waals surface area contributed by atoms with Crippen LogP contribution in [0.4, 0.5) is 5.69 Å². The first-order valence-corrected chi connectivity index (χ1v) is 8.49. The lowest BCUT2D eigenvalue weighted by Gasteiger charge is -2.37. The van der Waals surface area contributed by atoms with Gasteiger partial charge in [0.05, 0.1) is 6.42 Å². The minimum absolute atomic E-state index is 0.0782. The minimum atomic E-state index is -0.156. The fourth-order valence-electron chi connectivity index (χ4n) is 3.86. The molecule has 1 saturated heterocycles. The van der Waals surface area contributed by atoms with E-state index >= 15 is 0 Å². The molecule has 3 heterocycles. The number of anilines is 1. The quantitative estimate of drug-likeness (QED) is 0.904. The molecule has 4 rings (SSSR count). The van der Waals surface area contributed by atoms with Crippen LogP contribution in [0.5, 0.6) is 0 Å². The zero-order valence-corrected chi connectivity index (χ0v) is 13.5. The number of amides is 1. The highest BCUT2D eigenvalue weighted by atomic mass is 16.2. The summed E-state index contributed by atoms with van der Waals surface area (Å²) in [5.41, 5.74) is 2.33. The van der Waals surface area contributed by atoms with Crippen molar-refractivity contribution < 1.29 is 4.79 Å². The highest BCUT2D eigenvalue weighted by Gasteiger charge is 2.31. The molecule has 1 amide bonds. The molecular weight excluding hydrogens is 302 g/mol. The second kappa shape index (κ2) is 6.24. The maximum Gasteiger partial charge on any atom is 0.274 e. The van der Waals surface area contributed by atoms with Crippen LogP contribution in [-0.4, -0.2) is 23.6 Å². The van der Waals surface area contributed by atoms with Crippen molar-refractivity contribution in [3.05, 3.63) is 64.1 Å². The van der Waals surface area contributed by atoms with Crippen molar-refractivity contribution in [1.29, 1.82) is 0 Å². The van der Waals surface area contributed by atoms with Gasteiger partial charge < -0.3 is 15.2 Å². The van der Waals surface area contributed by atoms with E-state index in [1.54, 1.807) is 6.07 Å². The predicted octanol–water partition coefficient (Wildman–Crippen LogP) is 1.74. The molecule has 5 heteroatoms. The second-order valence-corrected chi connectivity index (χ2v) is 6.76. The Balaban J connectivity index is 1.55. The number of carbonyl (C=O) groups excluding carboxylic acids is 1. The van der Waals surface area contributed by atoms with Crippen LogP contribution < -0.4 is 16.2 Å². The predicted molar refractivity (Wildman–Crippen MR) is 93.2 cm³/mol. The molecule has 2 N–H and O–H groups in total. The van der Waals surface area contributed by atoms with Crippen molar-refractivity contribution in [2.75, 3.05) is 18.4 Å². The number of rotatable bonds is 3. The lowest BCUT2D eigenvalue weighted by Crippen LogP contribution is -2.45. The van der Waals surface area contributed by atoms with E-state index < -0.39 is 0 Å². The van der Waals surface area contributed by atoms with Crippen LogP contribution in [-0.2, 0) is 17.8 Å². The molecule has 2 aromatic rings.